The van der Waals surface area contributed by atoms with Crippen molar-refractivity contribution in [1.82, 2.24) is 0 Å². The number of rotatable bonds is 2. The van der Waals surface area contributed by atoms with Gasteiger partial charge in [-0.1, -0.05) is 11.6 Å². The first-order valence-corrected chi connectivity index (χ1v) is 5.96. The molecule has 2 aromatic rings. The molecule has 0 aliphatic carbocycles. The summed E-state index contributed by atoms with van der Waals surface area (Å²) < 4.78 is 13.5. The average Bonchev–Trinajstić information content (AvgIpc) is 2.67. The van der Waals surface area contributed by atoms with E-state index in [0.717, 1.165) is 9.75 Å². The summed E-state index contributed by atoms with van der Waals surface area (Å²) in [7, 11) is 0. The van der Waals surface area contributed by atoms with E-state index < -0.39 is 11.9 Å². The Kier molecular flexibility index (Phi) is 3.28. The molecule has 0 bridgehead atoms. The fourth-order valence-corrected chi connectivity index (χ4v) is 2.54. The van der Waals surface area contributed by atoms with Crippen LogP contribution in [0.2, 0.25) is 5.02 Å². The molecule has 1 nitrogen and oxygen atoms in total. The van der Waals surface area contributed by atoms with Crippen LogP contribution in [0.25, 0.3) is 0 Å². The van der Waals surface area contributed by atoms with Gasteiger partial charge in [-0.2, -0.15) is 0 Å². The third-order valence-electron chi connectivity index (χ3n) is 2.28. The molecule has 0 amide bonds. The van der Waals surface area contributed by atoms with Gasteiger partial charge in [0, 0.05) is 20.3 Å². The number of aryl methyl sites for hydroxylation is 1. The third-order valence-corrected chi connectivity index (χ3v) is 3.57. The quantitative estimate of drug-likeness (QED) is 0.863. The largest absolute Gasteiger partial charge is 0.383 e. The molecule has 4 heteroatoms. The molecule has 1 N–H and O–H groups in total. The van der Waals surface area contributed by atoms with Gasteiger partial charge in [0.25, 0.3) is 0 Å². The Labute approximate surface area is 102 Å². The van der Waals surface area contributed by atoms with Gasteiger partial charge in [0.15, 0.2) is 0 Å². The number of hydrogen-bond acceptors (Lipinski definition) is 2. The minimum absolute atomic E-state index is 0.217. The number of thiophene rings is 1. The molecule has 0 radical (unpaired) electrons. The maximum absolute atomic E-state index is 13.5. The van der Waals surface area contributed by atoms with Gasteiger partial charge < -0.3 is 5.11 Å². The Morgan fingerprint density at radius 2 is 2.06 bits per heavy atom. The van der Waals surface area contributed by atoms with Crippen molar-refractivity contribution in [2.45, 2.75) is 13.0 Å². The lowest BCUT2D eigenvalue weighted by molar-refractivity contribution is 0.219. The highest BCUT2D eigenvalue weighted by Gasteiger charge is 2.16. The first-order chi connectivity index (χ1) is 7.58. The molecule has 0 aliphatic rings. The molecular formula is C12H10ClFOS. The molecule has 1 heterocycles. The first-order valence-electron chi connectivity index (χ1n) is 4.77. The van der Waals surface area contributed by atoms with E-state index in [1.54, 1.807) is 6.07 Å². The molecular weight excluding hydrogens is 247 g/mol. The van der Waals surface area contributed by atoms with Crippen LogP contribution >= 0.6 is 22.9 Å². The summed E-state index contributed by atoms with van der Waals surface area (Å²) in [5.41, 5.74) is 0.217. The van der Waals surface area contributed by atoms with Crippen molar-refractivity contribution in [3.05, 3.63) is 56.5 Å². The molecule has 1 aromatic heterocycles. The zero-order chi connectivity index (χ0) is 11.7. The third kappa shape index (κ3) is 2.26. The molecule has 2 rings (SSSR count). The average molecular weight is 257 g/mol. The fraction of sp³-hybridized carbons (Fsp3) is 0.167. The van der Waals surface area contributed by atoms with E-state index in [9.17, 15) is 9.50 Å². The monoisotopic (exact) mass is 256 g/mol. The van der Waals surface area contributed by atoms with Crippen LogP contribution < -0.4 is 0 Å². The Morgan fingerprint density at radius 3 is 2.69 bits per heavy atom. The van der Waals surface area contributed by atoms with Gasteiger partial charge in [-0.05, 0) is 37.3 Å². The molecule has 16 heavy (non-hydrogen) atoms. The van der Waals surface area contributed by atoms with Crippen molar-refractivity contribution in [2.24, 2.45) is 0 Å². The standard InChI is InChI=1S/C12H10ClFOS/c1-7-2-5-11(16-7)12(15)9-6-8(13)3-4-10(9)14/h2-6,12,15H,1H3. The van der Waals surface area contributed by atoms with E-state index in [1.165, 1.54) is 29.5 Å². The van der Waals surface area contributed by atoms with Gasteiger partial charge in [0.05, 0.1) is 0 Å². The zero-order valence-electron chi connectivity index (χ0n) is 8.58. The lowest BCUT2D eigenvalue weighted by Gasteiger charge is -2.10. The van der Waals surface area contributed by atoms with E-state index in [1.807, 2.05) is 13.0 Å². The van der Waals surface area contributed by atoms with Crippen LogP contribution in [0.5, 0.6) is 0 Å². The topological polar surface area (TPSA) is 20.2 Å². The lowest BCUT2D eigenvalue weighted by Crippen LogP contribution is -2.00. The van der Waals surface area contributed by atoms with Crippen molar-refractivity contribution in [2.75, 3.05) is 0 Å². The predicted octanol–water partition coefficient (Wildman–Crippen LogP) is 3.93. The van der Waals surface area contributed by atoms with Crippen molar-refractivity contribution >= 4 is 22.9 Å². The van der Waals surface area contributed by atoms with Crippen LogP contribution in [0.15, 0.2) is 30.3 Å². The number of aliphatic hydroxyl groups excluding tert-OH is 1. The van der Waals surface area contributed by atoms with Crippen molar-refractivity contribution in [1.29, 1.82) is 0 Å². The number of halogens is 2. The second-order valence-corrected chi connectivity index (χ2v) is 5.27. The minimum atomic E-state index is -0.947. The normalized spacial score (nSPS) is 12.8. The summed E-state index contributed by atoms with van der Waals surface area (Å²) in [6.45, 7) is 1.94. The summed E-state index contributed by atoms with van der Waals surface area (Å²) in [6, 6.07) is 7.88. The van der Waals surface area contributed by atoms with Crippen LogP contribution in [0, 0.1) is 12.7 Å². The van der Waals surface area contributed by atoms with E-state index in [0.29, 0.717) is 5.02 Å². The second-order valence-electron chi connectivity index (χ2n) is 3.52. The SMILES string of the molecule is Cc1ccc(C(O)c2cc(Cl)ccc2F)s1. The highest BCUT2D eigenvalue weighted by Crippen LogP contribution is 2.30. The molecule has 0 fully saturated rings. The number of benzene rings is 1. The van der Waals surface area contributed by atoms with E-state index in [2.05, 4.69) is 0 Å². The Hall–Kier alpha value is -0.900. The zero-order valence-corrected chi connectivity index (χ0v) is 10.1. The maximum atomic E-state index is 13.5. The van der Waals surface area contributed by atoms with E-state index in [-0.39, 0.29) is 5.56 Å². The molecule has 0 saturated carbocycles. The highest BCUT2D eigenvalue weighted by molar-refractivity contribution is 7.12. The number of aliphatic hydroxyl groups is 1. The molecule has 1 atom stereocenters. The molecule has 0 aliphatic heterocycles. The Morgan fingerprint density at radius 1 is 1.31 bits per heavy atom. The fourth-order valence-electron chi connectivity index (χ4n) is 1.48. The molecule has 0 saturated heterocycles. The maximum Gasteiger partial charge on any atom is 0.129 e. The van der Waals surface area contributed by atoms with Crippen LogP contribution in [0.4, 0.5) is 4.39 Å². The summed E-state index contributed by atoms with van der Waals surface area (Å²) in [6.07, 6.45) is -0.947. The van der Waals surface area contributed by atoms with Crippen LogP contribution in [-0.2, 0) is 0 Å². The van der Waals surface area contributed by atoms with Crippen molar-refractivity contribution in [3.63, 3.8) is 0 Å². The van der Waals surface area contributed by atoms with Gasteiger partial charge in [-0.3, -0.25) is 0 Å². The summed E-state index contributed by atoms with van der Waals surface area (Å²) >= 11 is 7.22. The molecule has 1 unspecified atom stereocenters. The molecule has 84 valence electrons. The molecule has 1 aromatic carbocycles. The summed E-state index contributed by atoms with van der Waals surface area (Å²) in [5, 5.41) is 10.4. The minimum Gasteiger partial charge on any atom is -0.383 e. The van der Waals surface area contributed by atoms with Crippen LogP contribution in [0.3, 0.4) is 0 Å². The summed E-state index contributed by atoms with van der Waals surface area (Å²) in [5.74, 6) is -0.442. The van der Waals surface area contributed by atoms with Crippen LogP contribution in [0.1, 0.15) is 21.4 Å². The number of hydrogen-bond donors (Lipinski definition) is 1. The van der Waals surface area contributed by atoms with Crippen molar-refractivity contribution in [3.8, 4) is 0 Å². The Balaban J connectivity index is 2.40. The predicted molar refractivity (Wildman–Crippen MR) is 64.5 cm³/mol. The summed E-state index contributed by atoms with van der Waals surface area (Å²) in [4.78, 5) is 1.80. The Bertz CT molecular complexity index is 509. The first kappa shape index (κ1) is 11.6. The van der Waals surface area contributed by atoms with Crippen LogP contribution in [-0.4, -0.2) is 5.11 Å². The van der Waals surface area contributed by atoms with Gasteiger partial charge in [-0.15, -0.1) is 11.3 Å². The lowest BCUT2D eigenvalue weighted by atomic mass is 10.1. The van der Waals surface area contributed by atoms with Gasteiger partial charge >= 0.3 is 0 Å². The molecule has 0 spiro atoms. The van der Waals surface area contributed by atoms with Gasteiger partial charge in [0.2, 0.25) is 0 Å². The smallest absolute Gasteiger partial charge is 0.129 e. The van der Waals surface area contributed by atoms with E-state index in [4.69, 9.17) is 11.6 Å². The second kappa shape index (κ2) is 4.53. The van der Waals surface area contributed by atoms with E-state index >= 15 is 0 Å². The van der Waals surface area contributed by atoms with Crippen molar-refractivity contribution < 1.29 is 9.50 Å². The highest BCUT2D eigenvalue weighted by atomic mass is 35.5. The van der Waals surface area contributed by atoms with Gasteiger partial charge in [0.1, 0.15) is 11.9 Å². The van der Waals surface area contributed by atoms with Gasteiger partial charge in [-0.25, -0.2) is 4.39 Å².